The lowest BCUT2D eigenvalue weighted by atomic mass is 10.1. The molecular formula is C15H16N2O6. The predicted octanol–water partition coefficient (Wildman–Crippen LogP) is 0.0973. The van der Waals surface area contributed by atoms with Gasteiger partial charge in [0.1, 0.15) is 5.56 Å². The minimum Gasteiger partial charge on any atom is -0.503 e. The molecule has 122 valence electrons. The van der Waals surface area contributed by atoms with E-state index in [1.807, 2.05) is 0 Å². The van der Waals surface area contributed by atoms with E-state index in [-0.39, 0.29) is 23.8 Å². The zero-order valence-electron chi connectivity index (χ0n) is 12.5. The molecule has 1 amide bonds. The van der Waals surface area contributed by atoms with Crippen LogP contribution >= 0.6 is 0 Å². The molecule has 2 aliphatic rings. The maximum Gasteiger partial charge on any atom is 0.343 e. The van der Waals surface area contributed by atoms with Crippen LogP contribution in [-0.4, -0.2) is 52.4 Å². The molecule has 0 spiro atoms. The van der Waals surface area contributed by atoms with E-state index in [1.165, 1.54) is 15.7 Å². The summed E-state index contributed by atoms with van der Waals surface area (Å²) in [5.41, 5.74) is -1.41. The topological polar surface area (TPSA) is 98.1 Å². The second-order valence-corrected chi connectivity index (χ2v) is 5.34. The molecule has 1 aromatic heterocycles. The monoisotopic (exact) mass is 320 g/mol. The molecule has 1 N–H and O–H groups in total. The Kier molecular flexibility index (Phi) is 3.69. The number of fused-ring (bicyclic) bond motifs is 2. The van der Waals surface area contributed by atoms with Crippen LogP contribution in [0.5, 0.6) is 5.75 Å². The van der Waals surface area contributed by atoms with Gasteiger partial charge in [-0.3, -0.25) is 9.59 Å². The fraction of sp³-hybridized carbons (Fsp3) is 0.400. The third kappa shape index (κ3) is 2.22. The van der Waals surface area contributed by atoms with E-state index in [4.69, 9.17) is 4.74 Å². The fourth-order valence-electron chi connectivity index (χ4n) is 2.98. The minimum atomic E-state index is -0.928. The molecule has 2 atom stereocenters. The number of carbonyl (C=O) groups excluding carboxylic acids is 2. The van der Waals surface area contributed by atoms with Gasteiger partial charge in [-0.1, -0.05) is 6.08 Å². The maximum atomic E-state index is 12.7. The summed E-state index contributed by atoms with van der Waals surface area (Å²) < 4.78 is 11.5. The molecule has 3 rings (SSSR count). The molecule has 1 saturated heterocycles. The van der Waals surface area contributed by atoms with E-state index in [2.05, 4.69) is 11.3 Å². The Morgan fingerprint density at radius 3 is 2.91 bits per heavy atom. The van der Waals surface area contributed by atoms with Crippen molar-refractivity contribution in [3.05, 3.63) is 40.3 Å². The van der Waals surface area contributed by atoms with Gasteiger partial charge < -0.3 is 24.0 Å². The third-order valence-electron chi connectivity index (χ3n) is 4.11. The summed E-state index contributed by atoms with van der Waals surface area (Å²) in [6.45, 7) is 4.38. The average Bonchev–Trinajstić information content (AvgIpc) is 2.56. The highest BCUT2D eigenvalue weighted by Crippen LogP contribution is 2.29. The number of aromatic nitrogens is 1. The van der Waals surface area contributed by atoms with Crippen LogP contribution in [0.25, 0.3) is 0 Å². The molecule has 8 heteroatoms. The molecule has 1 fully saturated rings. The second kappa shape index (κ2) is 5.54. The van der Waals surface area contributed by atoms with E-state index < -0.39 is 29.3 Å². The van der Waals surface area contributed by atoms with Gasteiger partial charge in [0, 0.05) is 6.20 Å². The molecular weight excluding hydrogens is 304 g/mol. The highest BCUT2D eigenvalue weighted by atomic mass is 16.5. The first-order chi connectivity index (χ1) is 11.0. The number of hydrogen-bond donors (Lipinski definition) is 1. The molecule has 1 aromatic rings. The maximum absolute atomic E-state index is 12.7. The Labute approximate surface area is 131 Å². The van der Waals surface area contributed by atoms with Gasteiger partial charge in [0.25, 0.3) is 5.91 Å². The summed E-state index contributed by atoms with van der Waals surface area (Å²) >= 11 is 0. The molecule has 0 radical (unpaired) electrons. The van der Waals surface area contributed by atoms with Crippen molar-refractivity contribution in [2.45, 2.75) is 25.2 Å². The summed E-state index contributed by atoms with van der Waals surface area (Å²) in [4.78, 5) is 37.9. The smallest absolute Gasteiger partial charge is 0.343 e. The van der Waals surface area contributed by atoms with Crippen molar-refractivity contribution in [2.24, 2.45) is 0 Å². The number of hydrogen-bond acceptors (Lipinski definition) is 6. The molecule has 23 heavy (non-hydrogen) atoms. The standard InChI is InChI=1S/C15H16N2O6/c1-3-8-4-5-23-10-7-16-6-9(15(21)22-2)12(18)13(19)11(16)14(20)17(8)10/h3,6,8,10,19H,1,4-5,7H2,2H3/t8-,10?/m1/s1. The number of methoxy groups -OCH3 is 1. The van der Waals surface area contributed by atoms with Crippen LogP contribution in [0.4, 0.5) is 0 Å². The predicted molar refractivity (Wildman–Crippen MR) is 78.2 cm³/mol. The van der Waals surface area contributed by atoms with Gasteiger partial charge in [-0.25, -0.2) is 4.79 Å². The Morgan fingerprint density at radius 1 is 1.52 bits per heavy atom. The third-order valence-corrected chi connectivity index (χ3v) is 4.11. The van der Waals surface area contributed by atoms with Gasteiger partial charge in [-0.2, -0.15) is 0 Å². The number of nitrogens with zero attached hydrogens (tertiary/aromatic N) is 2. The van der Waals surface area contributed by atoms with Crippen molar-refractivity contribution in [1.29, 1.82) is 0 Å². The van der Waals surface area contributed by atoms with Crippen LogP contribution in [0, 0.1) is 0 Å². The first-order valence-corrected chi connectivity index (χ1v) is 7.11. The number of carbonyl (C=O) groups is 2. The largest absolute Gasteiger partial charge is 0.503 e. The van der Waals surface area contributed by atoms with E-state index in [0.717, 1.165) is 7.11 Å². The van der Waals surface area contributed by atoms with Crippen LogP contribution in [0.3, 0.4) is 0 Å². The highest BCUT2D eigenvalue weighted by molar-refractivity contribution is 5.98. The number of aromatic hydroxyl groups is 1. The SMILES string of the molecule is C=C[C@@H]1CCOC2Cn3cc(C(=O)OC)c(=O)c(O)c3C(=O)N21. The highest BCUT2D eigenvalue weighted by Gasteiger charge is 2.41. The van der Waals surface area contributed by atoms with Crippen LogP contribution < -0.4 is 5.43 Å². The summed E-state index contributed by atoms with van der Waals surface area (Å²) in [6.07, 6.45) is 2.91. The number of rotatable bonds is 2. The molecule has 3 heterocycles. The van der Waals surface area contributed by atoms with Crippen molar-refractivity contribution in [1.82, 2.24) is 9.47 Å². The van der Waals surface area contributed by atoms with Crippen LogP contribution in [0.15, 0.2) is 23.6 Å². The molecule has 8 nitrogen and oxygen atoms in total. The lowest BCUT2D eigenvalue weighted by Gasteiger charge is -2.44. The van der Waals surface area contributed by atoms with Crippen molar-refractivity contribution in [3.8, 4) is 5.75 Å². The van der Waals surface area contributed by atoms with Gasteiger partial charge in [0.05, 0.1) is 26.3 Å². The summed E-state index contributed by atoms with van der Waals surface area (Å²) in [7, 11) is 1.13. The normalized spacial score (nSPS) is 23.0. The number of esters is 1. The van der Waals surface area contributed by atoms with Gasteiger partial charge in [0.2, 0.25) is 5.43 Å². The molecule has 0 aliphatic carbocycles. The van der Waals surface area contributed by atoms with Gasteiger partial charge in [-0.15, -0.1) is 6.58 Å². The van der Waals surface area contributed by atoms with E-state index >= 15 is 0 Å². The van der Waals surface area contributed by atoms with Gasteiger partial charge in [-0.05, 0) is 6.42 Å². The lowest BCUT2D eigenvalue weighted by Crippen LogP contribution is -2.57. The Morgan fingerprint density at radius 2 is 2.26 bits per heavy atom. The molecule has 0 aromatic carbocycles. The van der Waals surface area contributed by atoms with Gasteiger partial charge in [0.15, 0.2) is 17.7 Å². The Hall–Kier alpha value is -2.61. The van der Waals surface area contributed by atoms with Crippen LogP contribution in [-0.2, 0) is 16.0 Å². The quantitative estimate of drug-likeness (QED) is 0.613. The summed E-state index contributed by atoms with van der Waals surface area (Å²) in [5.74, 6) is -2.16. The summed E-state index contributed by atoms with van der Waals surface area (Å²) in [5, 5.41) is 10.1. The Bertz CT molecular complexity index is 753. The van der Waals surface area contributed by atoms with Crippen LogP contribution in [0.1, 0.15) is 27.3 Å². The number of pyridine rings is 1. The fourth-order valence-corrected chi connectivity index (χ4v) is 2.98. The first kappa shape index (κ1) is 15.3. The van der Waals surface area contributed by atoms with Crippen molar-refractivity contribution in [2.75, 3.05) is 13.7 Å². The molecule has 0 bridgehead atoms. The van der Waals surface area contributed by atoms with Gasteiger partial charge >= 0.3 is 5.97 Å². The van der Waals surface area contributed by atoms with Crippen molar-refractivity contribution >= 4 is 11.9 Å². The number of ether oxygens (including phenoxy) is 2. The molecule has 2 aliphatic heterocycles. The lowest BCUT2D eigenvalue weighted by molar-refractivity contribution is -0.106. The van der Waals surface area contributed by atoms with E-state index in [1.54, 1.807) is 6.08 Å². The van der Waals surface area contributed by atoms with Crippen LogP contribution in [0.2, 0.25) is 0 Å². The zero-order chi connectivity index (χ0) is 16.7. The summed E-state index contributed by atoms with van der Waals surface area (Å²) in [6, 6.07) is -0.232. The van der Waals surface area contributed by atoms with E-state index in [0.29, 0.717) is 13.0 Å². The zero-order valence-corrected chi connectivity index (χ0v) is 12.5. The average molecular weight is 320 g/mol. The number of amides is 1. The van der Waals surface area contributed by atoms with Crippen molar-refractivity contribution < 1.29 is 24.2 Å². The van der Waals surface area contributed by atoms with Crippen molar-refractivity contribution in [3.63, 3.8) is 0 Å². The minimum absolute atomic E-state index is 0.156. The van der Waals surface area contributed by atoms with E-state index in [9.17, 15) is 19.5 Å². The molecule has 1 unspecified atom stereocenters. The second-order valence-electron chi connectivity index (χ2n) is 5.34. The molecule has 0 saturated carbocycles. The Balaban J connectivity index is 2.15. The first-order valence-electron chi connectivity index (χ1n) is 7.11.